The Morgan fingerprint density at radius 1 is 1.21 bits per heavy atom. The Labute approximate surface area is 165 Å². The van der Waals surface area contributed by atoms with Gasteiger partial charge >= 0.3 is 0 Å². The minimum Gasteiger partial charge on any atom is -0.481 e. The van der Waals surface area contributed by atoms with Crippen LogP contribution >= 0.6 is 0 Å². The number of hydrogen-bond acceptors (Lipinski definition) is 7. The van der Waals surface area contributed by atoms with E-state index in [1.54, 1.807) is 13.2 Å². The number of aliphatic hydroxyl groups is 1. The van der Waals surface area contributed by atoms with Crippen LogP contribution in [0.2, 0.25) is 0 Å². The van der Waals surface area contributed by atoms with E-state index in [1.807, 2.05) is 19.9 Å². The number of rotatable bonds is 5. The van der Waals surface area contributed by atoms with E-state index in [0.717, 1.165) is 31.4 Å². The second-order valence-corrected chi connectivity index (χ2v) is 8.83. The van der Waals surface area contributed by atoms with Gasteiger partial charge in [0.2, 0.25) is 11.8 Å². The maximum atomic E-state index is 10.6. The summed E-state index contributed by atoms with van der Waals surface area (Å²) in [6.45, 7) is 6.19. The third kappa shape index (κ3) is 4.06. The molecule has 152 valence electrons. The van der Waals surface area contributed by atoms with Gasteiger partial charge in [0.1, 0.15) is 5.82 Å². The SMILES string of the molecule is COc1cc(Nc2cc(C)[nH]n2)nc(NC2C(C)CC3CC2CC(C)(O)C3)n1. The molecular weight excluding hydrogens is 356 g/mol. The van der Waals surface area contributed by atoms with Crippen LogP contribution in [0, 0.1) is 24.7 Å². The molecule has 2 aliphatic carbocycles. The van der Waals surface area contributed by atoms with Crippen molar-refractivity contribution in [2.24, 2.45) is 17.8 Å². The van der Waals surface area contributed by atoms with Gasteiger partial charge in [0.05, 0.1) is 12.7 Å². The van der Waals surface area contributed by atoms with Crippen LogP contribution < -0.4 is 15.4 Å². The Balaban J connectivity index is 1.55. The molecule has 5 unspecified atom stereocenters. The number of nitrogens with zero attached hydrogens (tertiary/aromatic N) is 3. The average Bonchev–Trinajstić information content (AvgIpc) is 3.01. The van der Waals surface area contributed by atoms with E-state index in [9.17, 15) is 5.11 Å². The van der Waals surface area contributed by atoms with Crippen molar-refractivity contribution < 1.29 is 9.84 Å². The summed E-state index contributed by atoms with van der Waals surface area (Å²) >= 11 is 0. The molecule has 0 radical (unpaired) electrons. The Hall–Kier alpha value is -2.35. The summed E-state index contributed by atoms with van der Waals surface area (Å²) < 4.78 is 5.37. The van der Waals surface area contributed by atoms with Crippen LogP contribution in [-0.2, 0) is 0 Å². The van der Waals surface area contributed by atoms with Gasteiger partial charge in [-0.3, -0.25) is 5.10 Å². The topological polar surface area (TPSA) is 108 Å². The van der Waals surface area contributed by atoms with Gasteiger partial charge < -0.3 is 20.5 Å². The van der Waals surface area contributed by atoms with E-state index in [2.05, 4.69) is 37.7 Å². The maximum absolute atomic E-state index is 10.6. The van der Waals surface area contributed by atoms with Gasteiger partial charge in [0.15, 0.2) is 5.82 Å². The summed E-state index contributed by atoms with van der Waals surface area (Å²) in [5.41, 5.74) is 0.393. The van der Waals surface area contributed by atoms with Crippen molar-refractivity contribution in [1.29, 1.82) is 0 Å². The quantitative estimate of drug-likeness (QED) is 0.625. The number of aryl methyl sites for hydroxylation is 1. The molecule has 2 aromatic heterocycles. The number of nitrogens with one attached hydrogen (secondary N) is 3. The zero-order chi connectivity index (χ0) is 19.9. The zero-order valence-electron chi connectivity index (χ0n) is 17.0. The van der Waals surface area contributed by atoms with Crippen molar-refractivity contribution in [2.45, 2.75) is 58.1 Å². The van der Waals surface area contributed by atoms with Crippen LogP contribution in [-0.4, -0.2) is 44.0 Å². The van der Waals surface area contributed by atoms with E-state index in [0.29, 0.717) is 41.2 Å². The van der Waals surface area contributed by atoms with Crippen molar-refractivity contribution in [3.63, 3.8) is 0 Å². The number of anilines is 3. The molecule has 0 saturated heterocycles. The number of hydrogen-bond donors (Lipinski definition) is 4. The van der Waals surface area contributed by atoms with Gasteiger partial charge in [-0.05, 0) is 57.3 Å². The Morgan fingerprint density at radius 2 is 2.04 bits per heavy atom. The van der Waals surface area contributed by atoms with E-state index in [4.69, 9.17) is 4.74 Å². The highest BCUT2D eigenvalue weighted by Crippen LogP contribution is 2.47. The Morgan fingerprint density at radius 3 is 2.75 bits per heavy atom. The Kier molecular flexibility index (Phi) is 4.91. The van der Waals surface area contributed by atoms with Crippen LogP contribution in [0.4, 0.5) is 17.6 Å². The first-order chi connectivity index (χ1) is 13.3. The van der Waals surface area contributed by atoms with E-state index in [-0.39, 0.29) is 6.04 Å². The van der Waals surface area contributed by atoms with Crippen molar-refractivity contribution in [2.75, 3.05) is 17.7 Å². The van der Waals surface area contributed by atoms with E-state index < -0.39 is 5.60 Å². The molecule has 4 rings (SSSR count). The lowest BCUT2D eigenvalue weighted by Crippen LogP contribution is -2.50. The summed E-state index contributed by atoms with van der Waals surface area (Å²) in [5.74, 6) is 3.86. The van der Waals surface area contributed by atoms with Crippen molar-refractivity contribution >= 4 is 17.6 Å². The van der Waals surface area contributed by atoms with Gasteiger partial charge in [-0.2, -0.15) is 15.1 Å². The van der Waals surface area contributed by atoms with Crippen LogP contribution in [0.1, 0.15) is 45.2 Å². The molecule has 5 atom stereocenters. The fourth-order valence-corrected chi connectivity index (χ4v) is 5.14. The molecular formula is C20H30N6O2. The number of aromatic nitrogens is 4. The highest BCUT2D eigenvalue weighted by molar-refractivity contribution is 5.55. The predicted octanol–water partition coefficient (Wildman–Crippen LogP) is 3.25. The molecule has 0 aromatic carbocycles. The smallest absolute Gasteiger partial charge is 0.228 e. The van der Waals surface area contributed by atoms with Gasteiger partial charge in [0, 0.05) is 23.9 Å². The largest absolute Gasteiger partial charge is 0.481 e. The van der Waals surface area contributed by atoms with Crippen molar-refractivity contribution in [1.82, 2.24) is 20.2 Å². The summed E-state index contributed by atoms with van der Waals surface area (Å²) in [7, 11) is 1.60. The average molecular weight is 387 g/mol. The highest BCUT2D eigenvalue weighted by atomic mass is 16.5. The third-order valence-corrected chi connectivity index (χ3v) is 6.06. The lowest BCUT2D eigenvalue weighted by Gasteiger charge is -2.49. The number of ether oxygens (including phenoxy) is 1. The fourth-order valence-electron chi connectivity index (χ4n) is 5.14. The molecule has 2 heterocycles. The summed E-state index contributed by atoms with van der Waals surface area (Å²) in [6.07, 6.45) is 3.99. The van der Waals surface area contributed by atoms with E-state index in [1.165, 1.54) is 0 Å². The molecule has 2 fully saturated rings. The molecule has 8 nitrogen and oxygen atoms in total. The Bertz CT molecular complexity index is 834. The number of aromatic amines is 1. The molecule has 2 saturated carbocycles. The number of H-pyrrole nitrogens is 1. The third-order valence-electron chi connectivity index (χ3n) is 6.06. The molecule has 8 heteroatoms. The van der Waals surface area contributed by atoms with E-state index >= 15 is 0 Å². The first kappa shape index (κ1) is 19.0. The minimum absolute atomic E-state index is 0.232. The molecule has 2 aliphatic rings. The van der Waals surface area contributed by atoms with Crippen LogP contribution in [0.3, 0.4) is 0 Å². The number of methoxy groups -OCH3 is 1. The van der Waals surface area contributed by atoms with Crippen LogP contribution in [0.15, 0.2) is 12.1 Å². The zero-order valence-corrected chi connectivity index (χ0v) is 17.0. The lowest BCUT2D eigenvalue weighted by molar-refractivity contribution is -0.0502. The molecule has 2 bridgehead atoms. The molecule has 28 heavy (non-hydrogen) atoms. The lowest BCUT2D eigenvalue weighted by atomic mass is 9.61. The normalized spacial score (nSPS) is 32.0. The fraction of sp³-hybridized carbons (Fsp3) is 0.650. The van der Waals surface area contributed by atoms with Gasteiger partial charge in [-0.1, -0.05) is 6.92 Å². The van der Waals surface area contributed by atoms with Gasteiger partial charge in [0.25, 0.3) is 0 Å². The molecule has 0 amide bonds. The summed E-state index contributed by atoms with van der Waals surface area (Å²) in [5, 5.41) is 24.5. The molecule has 0 spiro atoms. The van der Waals surface area contributed by atoms with Crippen molar-refractivity contribution in [3.8, 4) is 5.88 Å². The summed E-state index contributed by atoms with van der Waals surface area (Å²) in [4.78, 5) is 9.12. The standard InChI is InChI=1S/C20H30N6O2/c1-11-5-13-7-14(10-20(3,27)9-13)18(11)24-19-22-15(8-17(23-19)28-4)21-16-6-12(2)25-26-16/h6,8,11,13-14,18,27H,5,7,9-10H2,1-4H3,(H3,21,22,23,24,25,26). The van der Waals surface area contributed by atoms with Crippen molar-refractivity contribution in [3.05, 3.63) is 17.8 Å². The second kappa shape index (κ2) is 7.24. The van der Waals surface area contributed by atoms with Crippen LogP contribution in [0.25, 0.3) is 0 Å². The molecule has 2 aromatic rings. The highest BCUT2D eigenvalue weighted by Gasteiger charge is 2.45. The van der Waals surface area contributed by atoms with Gasteiger partial charge in [-0.15, -0.1) is 0 Å². The molecule has 0 aliphatic heterocycles. The van der Waals surface area contributed by atoms with Crippen LogP contribution in [0.5, 0.6) is 5.88 Å². The first-order valence-electron chi connectivity index (χ1n) is 10.0. The minimum atomic E-state index is -0.576. The summed E-state index contributed by atoms with van der Waals surface area (Å²) in [6, 6.07) is 3.89. The maximum Gasteiger partial charge on any atom is 0.228 e. The van der Waals surface area contributed by atoms with Gasteiger partial charge in [-0.25, -0.2) is 0 Å². The molecule has 4 N–H and O–H groups in total. The second-order valence-electron chi connectivity index (χ2n) is 8.83. The monoisotopic (exact) mass is 386 g/mol. The number of fused-ring (bicyclic) bond motifs is 2. The first-order valence-corrected chi connectivity index (χ1v) is 10.0. The predicted molar refractivity (Wildman–Crippen MR) is 108 cm³/mol.